The number of hydrogen-bond donors (Lipinski definition) is 0. The van der Waals surface area contributed by atoms with Crippen LogP contribution in [0.5, 0.6) is 0 Å². The second-order valence-electron chi connectivity index (χ2n) is 8.18. The Morgan fingerprint density at radius 2 is 1.57 bits per heavy atom. The van der Waals surface area contributed by atoms with Crippen LogP contribution in [0.2, 0.25) is 0 Å². The molecule has 2 aliphatic rings. The fourth-order valence-corrected chi connectivity index (χ4v) is 4.45. The fraction of sp³-hybridized carbons (Fsp3) is 0.360. The van der Waals surface area contributed by atoms with Crippen LogP contribution in [-0.2, 0) is 9.59 Å². The summed E-state index contributed by atoms with van der Waals surface area (Å²) in [4.78, 5) is 31.9. The molecule has 0 N–H and O–H groups in total. The van der Waals surface area contributed by atoms with Gasteiger partial charge < -0.3 is 0 Å². The summed E-state index contributed by atoms with van der Waals surface area (Å²) in [5, 5.41) is 0. The Hall–Kier alpha value is -2.76. The minimum Gasteiger partial charge on any atom is -0.297 e. The third-order valence-electron chi connectivity index (χ3n) is 6.11. The number of imide groups is 1. The minimum atomic E-state index is -0.335. The molecule has 2 amide bonds. The number of carbonyl (C=O) groups is 2. The van der Waals surface area contributed by atoms with E-state index in [0.29, 0.717) is 0 Å². The number of benzene rings is 2. The highest BCUT2D eigenvalue weighted by atomic mass is 16.2. The average molecular weight is 404 g/mol. The maximum Gasteiger partial charge on any atom is 0.251 e. The normalized spacial score (nSPS) is 21.1. The Morgan fingerprint density at radius 3 is 2.23 bits per heavy atom. The van der Waals surface area contributed by atoms with Gasteiger partial charge in [-0.25, -0.2) is 4.90 Å². The second kappa shape index (κ2) is 8.94. The maximum atomic E-state index is 13.2. The van der Waals surface area contributed by atoms with E-state index < -0.39 is 0 Å². The van der Waals surface area contributed by atoms with E-state index in [1.54, 1.807) is 0 Å². The zero-order valence-corrected chi connectivity index (χ0v) is 17.8. The summed E-state index contributed by atoms with van der Waals surface area (Å²) in [5.41, 5.74) is 3.90. The van der Waals surface area contributed by atoms with Crippen LogP contribution in [0.4, 0.5) is 5.69 Å². The molecule has 0 radical (unpaired) electrons. The van der Waals surface area contributed by atoms with Gasteiger partial charge in [-0.05, 0) is 30.5 Å². The van der Waals surface area contributed by atoms with Crippen molar-refractivity contribution in [3.8, 4) is 0 Å². The van der Waals surface area contributed by atoms with E-state index in [1.165, 1.54) is 10.5 Å². The highest BCUT2D eigenvalue weighted by Gasteiger charge is 2.44. The van der Waals surface area contributed by atoms with Gasteiger partial charge in [0.25, 0.3) is 5.91 Å². The number of rotatable bonds is 5. The molecule has 2 aliphatic heterocycles. The van der Waals surface area contributed by atoms with Crippen molar-refractivity contribution in [1.82, 2.24) is 9.80 Å². The number of anilines is 1. The second-order valence-corrected chi connectivity index (χ2v) is 8.18. The summed E-state index contributed by atoms with van der Waals surface area (Å²) in [6, 6.07) is 15.8. The van der Waals surface area contributed by atoms with Crippen molar-refractivity contribution in [1.29, 1.82) is 0 Å². The Labute approximate surface area is 178 Å². The molecule has 30 heavy (non-hydrogen) atoms. The smallest absolute Gasteiger partial charge is 0.251 e. The van der Waals surface area contributed by atoms with Gasteiger partial charge in [0.2, 0.25) is 5.91 Å². The highest BCUT2D eigenvalue weighted by Crippen LogP contribution is 2.31. The van der Waals surface area contributed by atoms with Crippen LogP contribution in [0.3, 0.4) is 0 Å². The first kappa shape index (κ1) is 20.5. The van der Waals surface area contributed by atoms with E-state index in [-0.39, 0.29) is 24.3 Å². The summed E-state index contributed by atoms with van der Waals surface area (Å²) >= 11 is 0. The lowest BCUT2D eigenvalue weighted by molar-refractivity contribution is -0.123. The van der Waals surface area contributed by atoms with Crippen molar-refractivity contribution in [2.45, 2.75) is 26.3 Å². The van der Waals surface area contributed by atoms with Gasteiger partial charge in [0.05, 0.1) is 18.2 Å². The molecular weight excluding hydrogens is 374 g/mol. The first-order valence-electron chi connectivity index (χ1n) is 10.7. The molecule has 0 spiro atoms. The van der Waals surface area contributed by atoms with Crippen LogP contribution in [0.15, 0.2) is 54.6 Å². The van der Waals surface area contributed by atoms with Gasteiger partial charge in [-0.3, -0.25) is 19.4 Å². The van der Waals surface area contributed by atoms with Gasteiger partial charge in [-0.2, -0.15) is 0 Å². The lowest BCUT2D eigenvalue weighted by Gasteiger charge is -2.36. The number of piperazine rings is 1. The molecular formula is C25H29N3O2. The molecule has 2 heterocycles. The first-order valence-corrected chi connectivity index (χ1v) is 10.7. The van der Waals surface area contributed by atoms with Crippen molar-refractivity contribution in [2.24, 2.45) is 0 Å². The number of nitrogens with zero attached hydrogens (tertiary/aromatic N) is 3. The molecule has 0 bridgehead atoms. The standard InChI is InChI=1S/C25H29N3O2/c1-19-8-6-9-20(2)24(19)28-23(29)18-22(25(28)30)27-16-14-26(15-17-27)13-7-12-21-10-4-3-5-11-21/h3-12,22H,13-18H2,1-2H3/b12-7+/t22-/m1/s1. The molecule has 0 saturated carbocycles. The van der Waals surface area contributed by atoms with E-state index in [1.807, 2.05) is 50.2 Å². The molecule has 5 nitrogen and oxygen atoms in total. The molecule has 156 valence electrons. The van der Waals surface area contributed by atoms with Gasteiger partial charge >= 0.3 is 0 Å². The highest BCUT2D eigenvalue weighted by molar-refractivity contribution is 6.23. The molecule has 2 aromatic carbocycles. The van der Waals surface area contributed by atoms with Gasteiger partial charge in [-0.1, -0.05) is 60.7 Å². The molecule has 4 rings (SSSR count). The third-order valence-corrected chi connectivity index (χ3v) is 6.11. The predicted molar refractivity (Wildman–Crippen MR) is 120 cm³/mol. The van der Waals surface area contributed by atoms with E-state index in [9.17, 15) is 9.59 Å². The first-order chi connectivity index (χ1) is 14.5. The molecule has 0 unspecified atom stereocenters. The van der Waals surface area contributed by atoms with Gasteiger partial charge in [0.1, 0.15) is 0 Å². The van der Waals surface area contributed by atoms with Crippen LogP contribution < -0.4 is 4.90 Å². The largest absolute Gasteiger partial charge is 0.297 e. The lowest BCUT2D eigenvalue weighted by atomic mass is 10.1. The number of aryl methyl sites for hydroxylation is 2. The molecule has 0 aromatic heterocycles. The summed E-state index contributed by atoms with van der Waals surface area (Å²) in [6.07, 6.45) is 4.62. The van der Waals surface area contributed by atoms with E-state index >= 15 is 0 Å². The van der Waals surface area contributed by atoms with Gasteiger partial charge in [0, 0.05) is 32.7 Å². The Morgan fingerprint density at radius 1 is 0.900 bits per heavy atom. The molecule has 2 saturated heterocycles. The Kier molecular flexibility index (Phi) is 6.11. The van der Waals surface area contributed by atoms with Gasteiger partial charge in [0.15, 0.2) is 0 Å². The lowest BCUT2D eigenvalue weighted by Crippen LogP contribution is -2.52. The van der Waals surface area contributed by atoms with Crippen molar-refractivity contribution in [3.63, 3.8) is 0 Å². The third kappa shape index (κ3) is 4.23. The zero-order valence-electron chi connectivity index (χ0n) is 17.8. The Balaban J connectivity index is 1.35. The topological polar surface area (TPSA) is 43.9 Å². The van der Waals surface area contributed by atoms with E-state index in [0.717, 1.165) is 49.5 Å². The van der Waals surface area contributed by atoms with Gasteiger partial charge in [-0.15, -0.1) is 0 Å². The molecule has 1 atom stereocenters. The maximum absolute atomic E-state index is 13.2. The molecule has 2 aromatic rings. The van der Waals surface area contributed by atoms with Crippen LogP contribution in [-0.4, -0.2) is 60.4 Å². The predicted octanol–water partition coefficient (Wildman–Crippen LogP) is 3.27. The van der Waals surface area contributed by atoms with E-state index in [4.69, 9.17) is 0 Å². The Bertz CT molecular complexity index is 926. The summed E-state index contributed by atoms with van der Waals surface area (Å²) < 4.78 is 0. The monoisotopic (exact) mass is 403 g/mol. The van der Waals surface area contributed by atoms with Crippen molar-refractivity contribution in [2.75, 3.05) is 37.6 Å². The van der Waals surface area contributed by atoms with Crippen molar-refractivity contribution < 1.29 is 9.59 Å². The van der Waals surface area contributed by atoms with Crippen LogP contribution in [0.25, 0.3) is 6.08 Å². The molecule has 2 fully saturated rings. The summed E-state index contributed by atoms with van der Waals surface area (Å²) in [7, 11) is 0. The quantitative estimate of drug-likeness (QED) is 0.719. The number of para-hydroxylation sites is 1. The van der Waals surface area contributed by atoms with Crippen molar-refractivity contribution in [3.05, 3.63) is 71.3 Å². The summed E-state index contributed by atoms with van der Waals surface area (Å²) in [6.45, 7) is 8.23. The summed E-state index contributed by atoms with van der Waals surface area (Å²) in [5.74, 6) is -0.162. The molecule has 0 aliphatic carbocycles. The fourth-order valence-electron chi connectivity index (χ4n) is 4.45. The number of carbonyl (C=O) groups excluding carboxylic acids is 2. The SMILES string of the molecule is Cc1cccc(C)c1N1C(=O)C[C@@H](N2CCN(C/C=C/c3ccccc3)CC2)C1=O. The van der Waals surface area contributed by atoms with Crippen LogP contribution in [0, 0.1) is 13.8 Å². The van der Waals surface area contributed by atoms with Crippen LogP contribution >= 0.6 is 0 Å². The molecule has 5 heteroatoms. The zero-order chi connectivity index (χ0) is 21.1. The average Bonchev–Trinajstić information content (AvgIpc) is 3.04. The minimum absolute atomic E-state index is 0.0742. The number of hydrogen-bond acceptors (Lipinski definition) is 4. The number of amides is 2. The van der Waals surface area contributed by atoms with Crippen LogP contribution in [0.1, 0.15) is 23.1 Å². The van der Waals surface area contributed by atoms with Crippen molar-refractivity contribution >= 4 is 23.6 Å². The van der Waals surface area contributed by atoms with E-state index in [2.05, 4.69) is 34.1 Å².